The van der Waals surface area contributed by atoms with Gasteiger partial charge < -0.3 is 14.6 Å². The number of rotatable bonds is 6. The molecular formula is C15H20O3. The molecule has 0 spiro atoms. The van der Waals surface area contributed by atoms with Crippen LogP contribution in [0.1, 0.15) is 30.9 Å². The predicted molar refractivity (Wildman–Crippen MR) is 71.5 cm³/mol. The molecule has 0 amide bonds. The highest BCUT2D eigenvalue weighted by atomic mass is 16.5. The van der Waals surface area contributed by atoms with Crippen LogP contribution in [-0.4, -0.2) is 25.4 Å². The van der Waals surface area contributed by atoms with Crippen molar-refractivity contribution in [3.63, 3.8) is 0 Å². The lowest BCUT2D eigenvalue weighted by Crippen LogP contribution is -1.98. The second-order valence-corrected chi connectivity index (χ2v) is 3.89. The number of benzene rings is 1. The molecule has 0 atom stereocenters. The van der Waals surface area contributed by atoms with E-state index in [1.165, 1.54) is 0 Å². The molecule has 1 rings (SSSR count). The number of unbranched alkanes of at least 4 members (excludes halogenated alkanes) is 1. The lowest BCUT2D eigenvalue weighted by atomic mass is 10.1. The summed E-state index contributed by atoms with van der Waals surface area (Å²) < 4.78 is 10.9. The molecule has 18 heavy (non-hydrogen) atoms. The van der Waals surface area contributed by atoms with Crippen molar-refractivity contribution in [2.75, 3.05) is 20.3 Å². The molecule has 98 valence electrons. The first-order chi connectivity index (χ1) is 8.81. The van der Waals surface area contributed by atoms with Gasteiger partial charge in [0, 0.05) is 17.7 Å². The summed E-state index contributed by atoms with van der Waals surface area (Å²) in [6, 6.07) is 5.68. The van der Waals surface area contributed by atoms with Crippen LogP contribution < -0.4 is 4.74 Å². The van der Waals surface area contributed by atoms with Crippen LogP contribution in [-0.2, 0) is 11.3 Å². The van der Waals surface area contributed by atoms with Crippen LogP contribution in [0.3, 0.4) is 0 Å². The standard InChI is InChI=1S/C15H20O3/c1-3-4-10-18-12-14-11-13(6-5-9-16)7-8-15(14)17-2/h7-8,11,16H,3-4,9-10,12H2,1-2H3. The first kappa shape index (κ1) is 14.6. The highest BCUT2D eigenvalue weighted by molar-refractivity contribution is 5.44. The van der Waals surface area contributed by atoms with Gasteiger partial charge in [0.25, 0.3) is 0 Å². The van der Waals surface area contributed by atoms with Gasteiger partial charge in [0.1, 0.15) is 12.4 Å². The van der Waals surface area contributed by atoms with Gasteiger partial charge in [-0.1, -0.05) is 25.2 Å². The van der Waals surface area contributed by atoms with Gasteiger partial charge in [-0.3, -0.25) is 0 Å². The molecule has 0 aliphatic carbocycles. The van der Waals surface area contributed by atoms with Crippen molar-refractivity contribution in [1.82, 2.24) is 0 Å². The van der Waals surface area contributed by atoms with Gasteiger partial charge in [0.2, 0.25) is 0 Å². The highest BCUT2D eigenvalue weighted by Crippen LogP contribution is 2.20. The van der Waals surface area contributed by atoms with Crippen LogP contribution in [0.5, 0.6) is 5.75 Å². The number of hydrogen-bond acceptors (Lipinski definition) is 3. The number of aliphatic hydroxyl groups is 1. The first-order valence-corrected chi connectivity index (χ1v) is 6.16. The lowest BCUT2D eigenvalue weighted by Gasteiger charge is -2.09. The molecule has 1 aromatic carbocycles. The summed E-state index contributed by atoms with van der Waals surface area (Å²) in [5.41, 5.74) is 1.84. The predicted octanol–water partition coefficient (Wildman–Crippen LogP) is 2.36. The molecule has 0 saturated heterocycles. The van der Waals surface area contributed by atoms with Gasteiger partial charge in [-0.05, 0) is 24.6 Å². The van der Waals surface area contributed by atoms with Gasteiger partial charge in [-0.25, -0.2) is 0 Å². The molecule has 0 aliphatic heterocycles. The smallest absolute Gasteiger partial charge is 0.124 e. The number of hydrogen-bond donors (Lipinski definition) is 1. The fraction of sp³-hybridized carbons (Fsp3) is 0.467. The van der Waals surface area contributed by atoms with E-state index in [1.807, 2.05) is 18.2 Å². The van der Waals surface area contributed by atoms with Crippen molar-refractivity contribution in [2.45, 2.75) is 26.4 Å². The minimum Gasteiger partial charge on any atom is -0.496 e. The number of aliphatic hydroxyl groups excluding tert-OH is 1. The topological polar surface area (TPSA) is 38.7 Å². The van der Waals surface area contributed by atoms with E-state index in [-0.39, 0.29) is 6.61 Å². The van der Waals surface area contributed by atoms with Crippen LogP contribution in [0.2, 0.25) is 0 Å². The molecule has 3 nitrogen and oxygen atoms in total. The zero-order valence-electron chi connectivity index (χ0n) is 11.0. The average molecular weight is 248 g/mol. The summed E-state index contributed by atoms with van der Waals surface area (Å²) in [4.78, 5) is 0. The van der Waals surface area contributed by atoms with E-state index in [4.69, 9.17) is 14.6 Å². The van der Waals surface area contributed by atoms with Crippen molar-refractivity contribution in [2.24, 2.45) is 0 Å². The zero-order valence-corrected chi connectivity index (χ0v) is 11.0. The Morgan fingerprint density at radius 3 is 2.83 bits per heavy atom. The largest absolute Gasteiger partial charge is 0.496 e. The molecule has 0 aliphatic rings. The second kappa shape index (κ2) is 8.57. The summed E-state index contributed by atoms with van der Waals surface area (Å²) in [6.07, 6.45) is 2.19. The first-order valence-electron chi connectivity index (χ1n) is 6.16. The maximum Gasteiger partial charge on any atom is 0.124 e. The Hall–Kier alpha value is -1.50. The van der Waals surface area contributed by atoms with Gasteiger partial charge in [-0.15, -0.1) is 0 Å². The van der Waals surface area contributed by atoms with Gasteiger partial charge in [0.15, 0.2) is 0 Å². The Morgan fingerprint density at radius 1 is 1.33 bits per heavy atom. The lowest BCUT2D eigenvalue weighted by molar-refractivity contribution is 0.116. The van der Waals surface area contributed by atoms with Crippen LogP contribution in [0, 0.1) is 11.8 Å². The van der Waals surface area contributed by atoms with E-state index in [1.54, 1.807) is 7.11 Å². The Labute approximate surface area is 109 Å². The monoisotopic (exact) mass is 248 g/mol. The summed E-state index contributed by atoms with van der Waals surface area (Å²) in [7, 11) is 1.64. The van der Waals surface area contributed by atoms with E-state index < -0.39 is 0 Å². The molecule has 3 heteroatoms. The van der Waals surface area contributed by atoms with Crippen molar-refractivity contribution < 1.29 is 14.6 Å². The Balaban J connectivity index is 2.72. The maximum atomic E-state index is 8.68. The summed E-state index contributed by atoms with van der Waals surface area (Å²) in [5.74, 6) is 6.31. The average Bonchev–Trinajstić information content (AvgIpc) is 2.41. The number of methoxy groups -OCH3 is 1. The Bertz CT molecular complexity index is 415. The van der Waals surface area contributed by atoms with Crippen LogP contribution in [0.4, 0.5) is 0 Å². The quantitative estimate of drug-likeness (QED) is 0.620. The third kappa shape index (κ3) is 4.79. The summed E-state index contributed by atoms with van der Waals surface area (Å²) >= 11 is 0. The molecule has 0 saturated carbocycles. The summed E-state index contributed by atoms with van der Waals surface area (Å²) in [6.45, 7) is 3.29. The Kier molecular flexibility index (Phi) is 6.93. The van der Waals surface area contributed by atoms with E-state index >= 15 is 0 Å². The van der Waals surface area contributed by atoms with Crippen LogP contribution in [0.15, 0.2) is 18.2 Å². The van der Waals surface area contributed by atoms with Gasteiger partial charge in [-0.2, -0.15) is 0 Å². The van der Waals surface area contributed by atoms with E-state index in [9.17, 15) is 0 Å². The van der Waals surface area contributed by atoms with Crippen LogP contribution >= 0.6 is 0 Å². The molecule has 0 fully saturated rings. The normalized spacial score (nSPS) is 9.72. The van der Waals surface area contributed by atoms with E-state index in [0.29, 0.717) is 6.61 Å². The van der Waals surface area contributed by atoms with Crippen molar-refractivity contribution >= 4 is 0 Å². The third-order valence-corrected chi connectivity index (χ3v) is 2.49. The van der Waals surface area contributed by atoms with Crippen LogP contribution in [0.25, 0.3) is 0 Å². The molecule has 1 N–H and O–H groups in total. The fourth-order valence-electron chi connectivity index (χ4n) is 1.54. The van der Waals surface area contributed by atoms with Gasteiger partial charge in [0.05, 0.1) is 13.7 Å². The zero-order chi connectivity index (χ0) is 13.2. The molecule has 0 aromatic heterocycles. The molecule has 1 aromatic rings. The van der Waals surface area contributed by atoms with Crippen molar-refractivity contribution in [3.8, 4) is 17.6 Å². The van der Waals surface area contributed by atoms with Gasteiger partial charge >= 0.3 is 0 Å². The third-order valence-electron chi connectivity index (χ3n) is 2.49. The molecule has 0 heterocycles. The minimum atomic E-state index is -0.131. The SMILES string of the molecule is CCCCOCc1cc(C#CCO)ccc1OC. The summed E-state index contributed by atoms with van der Waals surface area (Å²) in [5, 5.41) is 8.68. The van der Waals surface area contributed by atoms with Crippen molar-refractivity contribution in [1.29, 1.82) is 0 Å². The molecule has 0 unspecified atom stereocenters. The van der Waals surface area contributed by atoms with E-state index in [0.717, 1.165) is 36.3 Å². The minimum absolute atomic E-state index is 0.131. The second-order valence-electron chi connectivity index (χ2n) is 3.89. The van der Waals surface area contributed by atoms with E-state index in [2.05, 4.69) is 18.8 Å². The fourth-order valence-corrected chi connectivity index (χ4v) is 1.54. The maximum absolute atomic E-state index is 8.68. The molecule has 0 radical (unpaired) electrons. The Morgan fingerprint density at radius 2 is 2.17 bits per heavy atom. The number of ether oxygens (including phenoxy) is 2. The van der Waals surface area contributed by atoms with Crippen molar-refractivity contribution in [3.05, 3.63) is 29.3 Å². The highest BCUT2D eigenvalue weighted by Gasteiger charge is 2.03. The molecular weight excluding hydrogens is 228 g/mol. The molecule has 0 bridgehead atoms.